The van der Waals surface area contributed by atoms with E-state index >= 15 is 0 Å². The number of allylic oxidation sites excluding steroid dienone is 1. The van der Waals surface area contributed by atoms with Crippen molar-refractivity contribution in [3.8, 4) is 11.4 Å². The van der Waals surface area contributed by atoms with Crippen LogP contribution >= 0.6 is 0 Å². The van der Waals surface area contributed by atoms with Gasteiger partial charge in [0.2, 0.25) is 0 Å². The van der Waals surface area contributed by atoms with Crippen LogP contribution in [0.4, 0.5) is 13.2 Å². The summed E-state index contributed by atoms with van der Waals surface area (Å²) in [4.78, 5) is 4.02. The Morgan fingerprint density at radius 1 is 1.21 bits per heavy atom. The Morgan fingerprint density at radius 2 is 1.89 bits per heavy atom. The fraction of sp³-hybridized carbons (Fsp3) is 0.167. The molecule has 0 unspecified atom stereocenters. The van der Waals surface area contributed by atoms with Gasteiger partial charge in [-0.2, -0.15) is 0 Å². The van der Waals surface area contributed by atoms with Crippen molar-refractivity contribution in [3.05, 3.63) is 42.5 Å². The molecule has 7 heteroatoms. The average Bonchev–Trinajstić information content (AvgIpc) is 2.77. The quantitative estimate of drug-likeness (QED) is 0.859. The smallest absolute Gasteiger partial charge is 0.406 e. The van der Waals surface area contributed by atoms with E-state index in [1.807, 2.05) is 6.92 Å². The van der Waals surface area contributed by atoms with Crippen LogP contribution in [0.3, 0.4) is 0 Å². The number of aromatic nitrogens is 3. The first-order chi connectivity index (χ1) is 8.98. The molecule has 0 fully saturated rings. The lowest BCUT2D eigenvalue weighted by molar-refractivity contribution is -0.274. The van der Waals surface area contributed by atoms with Crippen molar-refractivity contribution >= 4 is 6.08 Å². The summed E-state index contributed by atoms with van der Waals surface area (Å²) in [5.74, 6) is 0.253. The molecule has 1 heterocycles. The Bertz CT molecular complexity index is 573. The zero-order valence-corrected chi connectivity index (χ0v) is 9.93. The van der Waals surface area contributed by atoms with Gasteiger partial charge in [-0.15, -0.1) is 18.3 Å². The van der Waals surface area contributed by atoms with Gasteiger partial charge in [-0.25, -0.2) is 9.67 Å². The highest BCUT2D eigenvalue weighted by molar-refractivity contribution is 5.40. The first-order valence-electron chi connectivity index (χ1n) is 5.38. The number of ether oxygens (including phenoxy) is 1. The predicted molar refractivity (Wildman–Crippen MR) is 62.8 cm³/mol. The van der Waals surface area contributed by atoms with Gasteiger partial charge in [-0.3, -0.25) is 0 Å². The zero-order valence-electron chi connectivity index (χ0n) is 9.93. The van der Waals surface area contributed by atoms with Crippen LogP contribution in [-0.2, 0) is 0 Å². The fourth-order valence-corrected chi connectivity index (χ4v) is 1.43. The number of alkyl halides is 3. The average molecular weight is 269 g/mol. The molecule has 100 valence electrons. The van der Waals surface area contributed by atoms with E-state index in [-0.39, 0.29) is 5.75 Å². The normalized spacial score (nSPS) is 12.0. The van der Waals surface area contributed by atoms with Crippen LogP contribution < -0.4 is 4.74 Å². The van der Waals surface area contributed by atoms with Crippen molar-refractivity contribution in [3.63, 3.8) is 0 Å². The molecule has 0 amide bonds. The monoisotopic (exact) mass is 269 g/mol. The van der Waals surface area contributed by atoms with Gasteiger partial charge in [0.1, 0.15) is 12.1 Å². The van der Waals surface area contributed by atoms with E-state index in [9.17, 15) is 13.2 Å². The minimum atomic E-state index is -4.69. The Balaban J connectivity index is 2.17. The lowest BCUT2D eigenvalue weighted by Gasteiger charge is -2.08. The summed E-state index contributed by atoms with van der Waals surface area (Å²) in [6.45, 7) is 1.84. The first-order valence-corrected chi connectivity index (χ1v) is 5.38. The summed E-state index contributed by atoms with van der Waals surface area (Å²) in [6, 6.07) is 5.38. The van der Waals surface area contributed by atoms with Gasteiger partial charge in [0, 0.05) is 0 Å². The largest absolute Gasteiger partial charge is 0.573 e. The number of hydrogen-bond acceptors (Lipinski definition) is 3. The molecule has 0 saturated heterocycles. The Hall–Kier alpha value is -2.31. The molecule has 0 spiro atoms. The highest BCUT2D eigenvalue weighted by atomic mass is 19.4. The fourth-order valence-electron chi connectivity index (χ4n) is 1.43. The summed E-state index contributed by atoms with van der Waals surface area (Å²) in [5, 5.41) is 4.13. The Morgan fingerprint density at radius 3 is 2.47 bits per heavy atom. The molecule has 0 atom stereocenters. The molecule has 2 rings (SSSR count). The number of benzene rings is 1. The molecule has 0 saturated carbocycles. The van der Waals surface area contributed by atoms with Crippen LogP contribution in [0.2, 0.25) is 0 Å². The molecule has 19 heavy (non-hydrogen) atoms. The van der Waals surface area contributed by atoms with E-state index in [0.717, 1.165) is 0 Å². The molecule has 2 aromatic rings. The van der Waals surface area contributed by atoms with Gasteiger partial charge >= 0.3 is 6.36 Å². The topological polar surface area (TPSA) is 39.9 Å². The molecule has 0 aliphatic heterocycles. The van der Waals surface area contributed by atoms with E-state index in [4.69, 9.17) is 0 Å². The second kappa shape index (κ2) is 5.13. The highest BCUT2D eigenvalue weighted by Crippen LogP contribution is 2.23. The van der Waals surface area contributed by atoms with Crippen molar-refractivity contribution in [2.45, 2.75) is 13.3 Å². The SMILES string of the molecule is C/C=C/c1ncn(-c2ccc(OC(F)(F)F)cc2)n1. The van der Waals surface area contributed by atoms with Crippen LogP contribution in [0, 0.1) is 0 Å². The molecule has 1 aromatic heterocycles. The Labute approximate surface area is 107 Å². The summed E-state index contributed by atoms with van der Waals surface area (Å²) < 4.78 is 41.2. The van der Waals surface area contributed by atoms with E-state index in [2.05, 4.69) is 14.8 Å². The van der Waals surface area contributed by atoms with Crippen molar-refractivity contribution in [1.82, 2.24) is 14.8 Å². The molecule has 4 nitrogen and oxygen atoms in total. The van der Waals surface area contributed by atoms with E-state index in [0.29, 0.717) is 11.5 Å². The maximum Gasteiger partial charge on any atom is 0.573 e. The summed E-state index contributed by atoms with van der Waals surface area (Å²) >= 11 is 0. The molecular weight excluding hydrogens is 259 g/mol. The third-order valence-electron chi connectivity index (χ3n) is 2.16. The lowest BCUT2D eigenvalue weighted by Crippen LogP contribution is -2.17. The molecule has 0 radical (unpaired) electrons. The number of hydrogen-bond donors (Lipinski definition) is 0. The number of rotatable bonds is 3. The van der Waals surface area contributed by atoms with Crippen molar-refractivity contribution < 1.29 is 17.9 Å². The van der Waals surface area contributed by atoms with Crippen LogP contribution in [-0.4, -0.2) is 21.1 Å². The summed E-state index contributed by atoms with van der Waals surface area (Å²) in [7, 11) is 0. The maximum absolute atomic E-state index is 12.0. The van der Waals surface area contributed by atoms with Crippen molar-refractivity contribution in [2.75, 3.05) is 0 Å². The van der Waals surface area contributed by atoms with E-state index in [1.165, 1.54) is 35.3 Å². The number of nitrogens with zero attached hydrogens (tertiary/aromatic N) is 3. The standard InChI is InChI=1S/C12H10F3N3O/c1-2-3-11-16-8-18(17-11)9-4-6-10(7-5-9)19-12(13,14)15/h2-8H,1H3/b3-2+. The molecule has 0 bridgehead atoms. The Kier molecular flexibility index (Phi) is 3.55. The highest BCUT2D eigenvalue weighted by Gasteiger charge is 2.30. The van der Waals surface area contributed by atoms with Crippen LogP contribution in [0.1, 0.15) is 12.7 Å². The van der Waals surface area contributed by atoms with Gasteiger partial charge in [0.25, 0.3) is 0 Å². The molecule has 0 N–H and O–H groups in total. The first kappa shape index (κ1) is 13.1. The van der Waals surface area contributed by atoms with E-state index < -0.39 is 6.36 Å². The van der Waals surface area contributed by atoms with Gasteiger partial charge in [-0.1, -0.05) is 6.08 Å². The summed E-state index contributed by atoms with van der Waals surface area (Å²) in [5.41, 5.74) is 0.595. The molecular formula is C12H10F3N3O. The minimum Gasteiger partial charge on any atom is -0.406 e. The maximum atomic E-state index is 12.0. The third kappa shape index (κ3) is 3.57. The zero-order chi connectivity index (χ0) is 13.9. The molecule has 0 aliphatic rings. The summed E-state index contributed by atoms with van der Waals surface area (Å²) in [6.07, 6.45) is 0.306. The second-order valence-corrected chi connectivity index (χ2v) is 3.59. The number of halogens is 3. The van der Waals surface area contributed by atoms with Crippen LogP contribution in [0.15, 0.2) is 36.7 Å². The third-order valence-corrected chi connectivity index (χ3v) is 2.16. The molecule has 1 aromatic carbocycles. The minimum absolute atomic E-state index is 0.273. The lowest BCUT2D eigenvalue weighted by atomic mass is 10.3. The second-order valence-electron chi connectivity index (χ2n) is 3.59. The van der Waals surface area contributed by atoms with Gasteiger partial charge in [0.05, 0.1) is 5.69 Å². The predicted octanol–water partition coefficient (Wildman–Crippen LogP) is 3.20. The van der Waals surface area contributed by atoms with Crippen LogP contribution in [0.5, 0.6) is 5.75 Å². The van der Waals surface area contributed by atoms with Gasteiger partial charge in [0.15, 0.2) is 5.82 Å². The van der Waals surface area contributed by atoms with Crippen LogP contribution in [0.25, 0.3) is 11.8 Å². The van der Waals surface area contributed by atoms with E-state index in [1.54, 1.807) is 12.2 Å². The van der Waals surface area contributed by atoms with Gasteiger partial charge in [-0.05, 0) is 37.3 Å². The van der Waals surface area contributed by atoms with Crippen molar-refractivity contribution in [2.24, 2.45) is 0 Å². The van der Waals surface area contributed by atoms with Gasteiger partial charge < -0.3 is 4.74 Å². The molecule has 0 aliphatic carbocycles. The van der Waals surface area contributed by atoms with Crippen molar-refractivity contribution in [1.29, 1.82) is 0 Å².